The van der Waals surface area contributed by atoms with Crippen molar-refractivity contribution >= 4 is 5.69 Å². The monoisotopic (exact) mass is 238 g/mol. The summed E-state index contributed by atoms with van der Waals surface area (Å²) in [6, 6.07) is 6.74. The van der Waals surface area contributed by atoms with E-state index in [0.717, 1.165) is 12.1 Å². The van der Waals surface area contributed by atoms with Crippen LogP contribution in [0.25, 0.3) is 11.1 Å². The molecule has 2 aromatic rings. The summed E-state index contributed by atoms with van der Waals surface area (Å²) >= 11 is 0. The van der Waals surface area contributed by atoms with Gasteiger partial charge in [-0.05, 0) is 18.2 Å². The Balaban J connectivity index is 2.46. The van der Waals surface area contributed by atoms with Crippen LogP contribution in [-0.2, 0) is 6.18 Å². The van der Waals surface area contributed by atoms with Crippen molar-refractivity contribution in [2.75, 3.05) is 5.73 Å². The summed E-state index contributed by atoms with van der Waals surface area (Å²) in [6.45, 7) is 0. The molecule has 0 bridgehead atoms. The molecule has 0 amide bonds. The Bertz CT molecular complexity index is 521. The number of nitrogens with zero attached hydrogens (tertiary/aromatic N) is 1. The molecular formula is C12H9F3N2. The summed E-state index contributed by atoms with van der Waals surface area (Å²) in [6.07, 6.45) is -1.23. The zero-order valence-electron chi connectivity index (χ0n) is 8.70. The fraction of sp³-hybridized carbons (Fsp3) is 0.0833. The molecule has 0 atom stereocenters. The summed E-state index contributed by atoms with van der Waals surface area (Å²) in [5.74, 6) is 0. The first-order valence-corrected chi connectivity index (χ1v) is 4.85. The highest BCUT2D eigenvalue weighted by atomic mass is 19.4. The zero-order valence-corrected chi connectivity index (χ0v) is 8.70. The quantitative estimate of drug-likeness (QED) is 0.774. The third-order valence-corrected chi connectivity index (χ3v) is 2.35. The van der Waals surface area contributed by atoms with Gasteiger partial charge in [0.1, 0.15) is 0 Å². The van der Waals surface area contributed by atoms with E-state index in [2.05, 4.69) is 4.98 Å². The summed E-state index contributed by atoms with van der Waals surface area (Å²) in [5, 5.41) is 0. The van der Waals surface area contributed by atoms with Crippen molar-refractivity contribution in [3.05, 3.63) is 48.3 Å². The van der Waals surface area contributed by atoms with Crippen molar-refractivity contribution in [2.24, 2.45) is 0 Å². The number of anilines is 1. The van der Waals surface area contributed by atoms with Crippen LogP contribution in [0.5, 0.6) is 0 Å². The van der Waals surface area contributed by atoms with E-state index in [1.54, 1.807) is 24.5 Å². The van der Waals surface area contributed by atoms with Gasteiger partial charge in [0.2, 0.25) is 0 Å². The first kappa shape index (κ1) is 11.4. The van der Waals surface area contributed by atoms with Gasteiger partial charge in [0.05, 0.1) is 5.56 Å². The van der Waals surface area contributed by atoms with Gasteiger partial charge in [-0.1, -0.05) is 12.1 Å². The Morgan fingerprint density at radius 2 is 1.88 bits per heavy atom. The molecule has 0 spiro atoms. The fourth-order valence-electron chi connectivity index (χ4n) is 1.52. The number of rotatable bonds is 1. The lowest BCUT2D eigenvalue weighted by atomic mass is 10.0. The summed E-state index contributed by atoms with van der Waals surface area (Å²) in [4.78, 5) is 3.90. The van der Waals surface area contributed by atoms with Crippen molar-refractivity contribution in [3.63, 3.8) is 0 Å². The Morgan fingerprint density at radius 3 is 2.41 bits per heavy atom. The molecule has 5 heteroatoms. The van der Waals surface area contributed by atoms with Crippen LogP contribution in [0.1, 0.15) is 5.56 Å². The van der Waals surface area contributed by atoms with Crippen LogP contribution in [0, 0.1) is 0 Å². The van der Waals surface area contributed by atoms with Crippen molar-refractivity contribution in [3.8, 4) is 11.1 Å². The van der Waals surface area contributed by atoms with E-state index in [0.29, 0.717) is 11.1 Å². The lowest BCUT2D eigenvalue weighted by Crippen LogP contribution is -2.05. The van der Waals surface area contributed by atoms with Gasteiger partial charge in [-0.3, -0.25) is 4.98 Å². The molecule has 1 aromatic carbocycles. The smallest absolute Gasteiger partial charge is 0.398 e. The van der Waals surface area contributed by atoms with E-state index in [1.807, 2.05) is 0 Å². The molecule has 88 valence electrons. The topological polar surface area (TPSA) is 38.9 Å². The molecule has 0 aliphatic carbocycles. The van der Waals surface area contributed by atoms with Crippen molar-refractivity contribution in [1.82, 2.24) is 4.98 Å². The average molecular weight is 238 g/mol. The van der Waals surface area contributed by atoms with E-state index < -0.39 is 11.7 Å². The van der Waals surface area contributed by atoms with Crippen LogP contribution < -0.4 is 5.73 Å². The van der Waals surface area contributed by atoms with Crippen LogP contribution in [0.15, 0.2) is 42.7 Å². The van der Waals surface area contributed by atoms with Crippen molar-refractivity contribution in [1.29, 1.82) is 0 Å². The molecule has 1 heterocycles. The molecule has 0 saturated carbocycles. The summed E-state index contributed by atoms with van der Waals surface area (Å²) in [5.41, 5.74) is 6.21. The molecule has 1 aromatic heterocycles. The number of hydrogen-bond donors (Lipinski definition) is 1. The van der Waals surface area contributed by atoms with Gasteiger partial charge < -0.3 is 5.73 Å². The highest BCUT2D eigenvalue weighted by molar-refractivity contribution is 5.76. The Kier molecular flexibility index (Phi) is 2.75. The number of alkyl halides is 3. The van der Waals surface area contributed by atoms with Crippen LogP contribution in [0.2, 0.25) is 0 Å². The Hall–Kier alpha value is -2.04. The largest absolute Gasteiger partial charge is 0.416 e. The van der Waals surface area contributed by atoms with Crippen LogP contribution >= 0.6 is 0 Å². The van der Waals surface area contributed by atoms with E-state index >= 15 is 0 Å². The Morgan fingerprint density at radius 1 is 1.12 bits per heavy atom. The second-order valence-corrected chi connectivity index (χ2v) is 3.54. The third-order valence-electron chi connectivity index (χ3n) is 2.35. The first-order valence-electron chi connectivity index (χ1n) is 4.85. The minimum Gasteiger partial charge on any atom is -0.398 e. The maximum atomic E-state index is 12.4. The van der Waals surface area contributed by atoms with Gasteiger partial charge in [0.15, 0.2) is 0 Å². The predicted molar refractivity (Wildman–Crippen MR) is 59.1 cm³/mol. The second-order valence-electron chi connectivity index (χ2n) is 3.54. The molecule has 2 N–H and O–H groups in total. The minimum absolute atomic E-state index is 0.0906. The minimum atomic E-state index is -4.37. The lowest BCUT2D eigenvalue weighted by molar-refractivity contribution is -0.137. The highest BCUT2D eigenvalue weighted by Crippen LogP contribution is 2.34. The molecule has 0 aliphatic rings. The zero-order chi connectivity index (χ0) is 12.5. The molecule has 0 fully saturated rings. The van der Waals surface area contributed by atoms with Gasteiger partial charge in [0, 0.05) is 29.2 Å². The summed E-state index contributed by atoms with van der Waals surface area (Å²) < 4.78 is 37.3. The van der Waals surface area contributed by atoms with Gasteiger partial charge in [-0.15, -0.1) is 0 Å². The first-order chi connectivity index (χ1) is 7.98. The normalized spacial score (nSPS) is 11.5. The van der Waals surface area contributed by atoms with Gasteiger partial charge in [0.25, 0.3) is 0 Å². The molecular weight excluding hydrogens is 229 g/mol. The molecule has 0 saturated heterocycles. The number of hydrogen-bond acceptors (Lipinski definition) is 2. The highest BCUT2D eigenvalue weighted by Gasteiger charge is 2.30. The number of benzene rings is 1. The fourth-order valence-corrected chi connectivity index (χ4v) is 1.52. The number of pyridine rings is 1. The van der Waals surface area contributed by atoms with E-state index in [4.69, 9.17) is 5.73 Å². The number of nitrogens with two attached hydrogens (primary N) is 1. The van der Waals surface area contributed by atoms with Gasteiger partial charge in [-0.25, -0.2) is 0 Å². The molecule has 2 nitrogen and oxygen atoms in total. The SMILES string of the molecule is Nc1cc(C(F)(F)F)ccc1-c1cccnc1. The van der Waals surface area contributed by atoms with Crippen molar-refractivity contribution < 1.29 is 13.2 Å². The van der Waals surface area contributed by atoms with Gasteiger partial charge >= 0.3 is 6.18 Å². The lowest BCUT2D eigenvalue weighted by Gasteiger charge is -2.10. The number of nitrogen functional groups attached to an aromatic ring is 1. The Labute approximate surface area is 95.9 Å². The molecule has 0 aliphatic heterocycles. The van der Waals surface area contributed by atoms with E-state index in [1.165, 1.54) is 6.07 Å². The standard InChI is InChI=1S/C12H9F3N2/c13-12(14,15)9-3-4-10(11(16)6-9)8-2-1-5-17-7-8/h1-7H,16H2. The average Bonchev–Trinajstić information content (AvgIpc) is 2.29. The molecule has 17 heavy (non-hydrogen) atoms. The van der Waals surface area contributed by atoms with Crippen LogP contribution in [-0.4, -0.2) is 4.98 Å². The molecule has 2 rings (SSSR count). The second kappa shape index (κ2) is 4.08. The van der Waals surface area contributed by atoms with Crippen molar-refractivity contribution in [2.45, 2.75) is 6.18 Å². The van der Waals surface area contributed by atoms with Gasteiger partial charge in [-0.2, -0.15) is 13.2 Å². The molecule has 0 unspecified atom stereocenters. The number of halogens is 3. The van der Waals surface area contributed by atoms with E-state index in [-0.39, 0.29) is 5.69 Å². The summed E-state index contributed by atoms with van der Waals surface area (Å²) in [7, 11) is 0. The van der Waals surface area contributed by atoms with Crippen LogP contribution in [0.3, 0.4) is 0 Å². The van der Waals surface area contributed by atoms with Crippen LogP contribution in [0.4, 0.5) is 18.9 Å². The maximum absolute atomic E-state index is 12.4. The third kappa shape index (κ3) is 2.38. The van der Waals surface area contributed by atoms with E-state index in [9.17, 15) is 13.2 Å². The maximum Gasteiger partial charge on any atom is 0.416 e. The number of aromatic nitrogens is 1. The molecule has 0 radical (unpaired) electrons. The predicted octanol–water partition coefficient (Wildman–Crippen LogP) is 3.35.